The van der Waals surface area contributed by atoms with Crippen LogP contribution < -0.4 is 0 Å². The summed E-state index contributed by atoms with van der Waals surface area (Å²) in [4.78, 5) is 4.30. The first-order valence-electron chi connectivity index (χ1n) is 5.24. The first-order chi connectivity index (χ1) is 6.49. The third-order valence-corrected chi connectivity index (χ3v) is 2.58. The van der Waals surface area contributed by atoms with Gasteiger partial charge in [0.25, 0.3) is 0 Å². The topological polar surface area (TPSA) is 46.9 Å². The first-order valence-corrected chi connectivity index (χ1v) is 5.24. The van der Waals surface area contributed by atoms with Gasteiger partial charge in [0.05, 0.1) is 12.2 Å². The standard InChI is InChI=1S/C10H22N2O2/c1-8(13)5-12-7-10(14)4-9(12)6-11(2)3/h8-10,13-14H,4-7H2,1-3H3. The van der Waals surface area contributed by atoms with Crippen LogP contribution in [-0.2, 0) is 0 Å². The van der Waals surface area contributed by atoms with E-state index in [0.717, 1.165) is 13.0 Å². The smallest absolute Gasteiger partial charge is 0.0682 e. The fourth-order valence-corrected chi connectivity index (χ4v) is 2.13. The first kappa shape index (κ1) is 11.9. The summed E-state index contributed by atoms with van der Waals surface area (Å²) in [5.41, 5.74) is 0. The van der Waals surface area contributed by atoms with Crippen molar-refractivity contribution in [2.75, 3.05) is 33.7 Å². The quantitative estimate of drug-likeness (QED) is 0.637. The molecule has 14 heavy (non-hydrogen) atoms. The number of likely N-dealkylation sites (tertiary alicyclic amines) is 1. The third-order valence-electron chi connectivity index (χ3n) is 2.58. The maximum absolute atomic E-state index is 9.55. The molecule has 0 radical (unpaired) electrons. The predicted octanol–water partition coefficient (Wildman–Crippen LogP) is -0.636. The SMILES string of the molecule is CC(O)CN1CC(O)CC1CN(C)C. The molecule has 0 aromatic heterocycles. The summed E-state index contributed by atoms with van der Waals surface area (Å²) in [7, 11) is 4.07. The second-order valence-corrected chi connectivity index (χ2v) is 4.61. The van der Waals surface area contributed by atoms with Gasteiger partial charge in [0, 0.05) is 25.7 Å². The zero-order valence-electron chi connectivity index (χ0n) is 9.35. The van der Waals surface area contributed by atoms with Crippen LogP contribution in [0.2, 0.25) is 0 Å². The normalized spacial score (nSPS) is 31.3. The molecule has 4 nitrogen and oxygen atoms in total. The molecule has 84 valence electrons. The van der Waals surface area contributed by atoms with Crippen molar-refractivity contribution < 1.29 is 10.2 Å². The summed E-state index contributed by atoms with van der Waals surface area (Å²) < 4.78 is 0. The molecule has 0 amide bonds. The summed E-state index contributed by atoms with van der Waals surface area (Å²) >= 11 is 0. The molecule has 1 aliphatic heterocycles. The Hall–Kier alpha value is -0.160. The molecule has 0 aliphatic carbocycles. The third kappa shape index (κ3) is 3.53. The molecule has 1 aliphatic rings. The number of β-amino-alcohol motifs (C(OH)–C–C–N with tert-alkyl or cyclic N) is 2. The van der Waals surface area contributed by atoms with Crippen LogP contribution in [0, 0.1) is 0 Å². The Morgan fingerprint density at radius 2 is 2.14 bits per heavy atom. The number of hydrogen-bond acceptors (Lipinski definition) is 4. The lowest BCUT2D eigenvalue weighted by atomic mass is 10.2. The van der Waals surface area contributed by atoms with E-state index >= 15 is 0 Å². The van der Waals surface area contributed by atoms with Gasteiger partial charge in [-0.2, -0.15) is 0 Å². The number of rotatable bonds is 4. The lowest BCUT2D eigenvalue weighted by molar-refractivity contribution is 0.103. The maximum atomic E-state index is 9.55. The van der Waals surface area contributed by atoms with Crippen molar-refractivity contribution in [2.45, 2.75) is 31.6 Å². The molecular weight excluding hydrogens is 180 g/mol. The van der Waals surface area contributed by atoms with Gasteiger partial charge >= 0.3 is 0 Å². The molecule has 0 aromatic rings. The van der Waals surface area contributed by atoms with E-state index in [4.69, 9.17) is 0 Å². The molecular formula is C10H22N2O2. The van der Waals surface area contributed by atoms with Crippen molar-refractivity contribution in [3.05, 3.63) is 0 Å². The molecule has 0 aromatic carbocycles. The molecule has 3 atom stereocenters. The van der Waals surface area contributed by atoms with Crippen molar-refractivity contribution in [1.29, 1.82) is 0 Å². The van der Waals surface area contributed by atoms with E-state index in [1.165, 1.54) is 0 Å². The van der Waals surface area contributed by atoms with Gasteiger partial charge < -0.3 is 15.1 Å². The summed E-state index contributed by atoms with van der Waals surface area (Å²) in [6.45, 7) is 4.10. The molecule has 0 saturated carbocycles. The van der Waals surface area contributed by atoms with Gasteiger partial charge in [-0.25, -0.2) is 0 Å². The van der Waals surface area contributed by atoms with E-state index in [2.05, 4.69) is 9.80 Å². The zero-order chi connectivity index (χ0) is 10.7. The van der Waals surface area contributed by atoms with Crippen molar-refractivity contribution >= 4 is 0 Å². The Morgan fingerprint density at radius 1 is 1.50 bits per heavy atom. The van der Waals surface area contributed by atoms with Crippen LogP contribution in [-0.4, -0.2) is 72.0 Å². The van der Waals surface area contributed by atoms with E-state index in [1.807, 2.05) is 14.1 Å². The highest BCUT2D eigenvalue weighted by Gasteiger charge is 2.31. The van der Waals surface area contributed by atoms with Crippen LogP contribution in [0.4, 0.5) is 0 Å². The number of aliphatic hydroxyl groups is 2. The Labute approximate surface area is 86.1 Å². The summed E-state index contributed by atoms with van der Waals surface area (Å²) in [5.74, 6) is 0. The molecule has 1 heterocycles. The minimum absolute atomic E-state index is 0.223. The Bertz CT molecular complexity index is 156. The van der Waals surface area contributed by atoms with Gasteiger partial charge in [-0.3, -0.25) is 4.90 Å². The maximum Gasteiger partial charge on any atom is 0.0682 e. The molecule has 0 bridgehead atoms. The monoisotopic (exact) mass is 202 g/mol. The highest BCUT2D eigenvalue weighted by Crippen LogP contribution is 2.18. The average molecular weight is 202 g/mol. The van der Waals surface area contributed by atoms with Gasteiger partial charge in [0.15, 0.2) is 0 Å². The van der Waals surface area contributed by atoms with E-state index in [9.17, 15) is 10.2 Å². The van der Waals surface area contributed by atoms with Gasteiger partial charge in [0.1, 0.15) is 0 Å². The fourth-order valence-electron chi connectivity index (χ4n) is 2.13. The minimum atomic E-state index is -0.315. The molecule has 1 fully saturated rings. The predicted molar refractivity (Wildman–Crippen MR) is 56.2 cm³/mol. The number of nitrogens with zero attached hydrogens (tertiary/aromatic N) is 2. The molecule has 2 N–H and O–H groups in total. The highest BCUT2D eigenvalue weighted by molar-refractivity contribution is 4.87. The van der Waals surface area contributed by atoms with Crippen LogP contribution in [0.3, 0.4) is 0 Å². The van der Waals surface area contributed by atoms with Crippen molar-refractivity contribution in [3.8, 4) is 0 Å². The highest BCUT2D eigenvalue weighted by atomic mass is 16.3. The number of hydrogen-bond donors (Lipinski definition) is 2. The number of likely N-dealkylation sites (N-methyl/N-ethyl adjacent to an activating group) is 1. The van der Waals surface area contributed by atoms with Crippen LogP contribution >= 0.6 is 0 Å². The summed E-state index contributed by atoms with van der Waals surface area (Å²) in [6, 6.07) is 0.384. The Kier molecular flexibility index (Phi) is 4.31. The van der Waals surface area contributed by atoms with Gasteiger partial charge in [0.2, 0.25) is 0 Å². The molecule has 1 saturated heterocycles. The van der Waals surface area contributed by atoms with Crippen LogP contribution in [0.5, 0.6) is 0 Å². The van der Waals surface area contributed by atoms with E-state index in [1.54, 1.807) is 6.92 Å². The van der Waals surface area contributed by atoms with Crippen molar-refractivity contribution in [2.24, 2.45) is 0 Å². The molecule has 3 unspecified atom stereocenters. The molecule has 0 spiro atoms. The van der Waals surface area contributed by atoms with Crippen LogP contribution in [0.1, 0.15) is 13.3 Å². The summed E-state index contributed by atoms with van der Waals surface area (Å²) in [6.07, 6.45) is 0.286. The average Bonchev–Trinajstić information content (AvgIpc) is 2.28. The van der Waals surface area contributed by atoms with Gasteiger partial charge in [-0.05, 0) is 27.4 Å². The van der Waals surface area contributed by atoms with Gasteiger partial charge in [-0.15, -0.1) is 0 Å². The molecule has 1 rings (SSSR count). The van der Waals surface area contributed by atoms with E-state index < -0.39 is 0 Å². The van der Waals surface area contributed by atoms with Gasteiger partial charge in [-0.1, -0.05) is 0 Å². The summed E-state index contributed by atoms with van der Waals surface area (Å²) in [5, 5.41) is 18.9. The largest absolute Gasteiger partial charge is 0.392 e. The second kappa shape index (κ2) is 5.07. The Morgan fingerprint density at radius 3 is 2.64 bits per heavy atom. The number of aliphatic hydroxyl groups excluding tert-OH is 2. The van der Waals surface area contributed by atoms with Crippen LogP contribution in [0.25, 0.3) is 0 Å². The lowest BCUT2D eigenvalue weighted by Gasteiger charge is -2.27. The fraction of sp³-hybridized carbons (Fsp3) is 1.00. The Balaban J connectivity index is 2.45. The van der Waals surface area contributed by atoms with Crippen molar-refractivity contribution in [1.82, 2.24) is 9.80 Å². The van der Waals surface area contributed by atoms with E-state index in [-0.39, 0.29) is 12.2 Å². The second-order valence-electron chi connectivity index (χ2n) is 4.61. The zero-order valence-corrected chi connectivity index (χ0v) is 9.35. The van der Waals surface area contributed by atoms with Crippen molar-refractivity contribution in [3.63, 3.8) is 0 Å². The lowest BCUT2D eigenvalue weighted by Crippen LogP contribution is -2.40. The van der Waals surface area contributed by atoms with Crippen LogP contribution in [0.15, 0.2) is 0 Å². The van der Waals surface area contributed by atoms with E-state index in [0.29, 0.717) is 19.1 Å². The minimum Gasteiger partial charge on any atom is -0.392 e. The molecule has 4 heteroatoms.